The SMILES string of the molecule is CC(C)CNCC(C)(Cc1ncnn1C)C(C)C. The topological polar surface area (TPSA) is 42.7 Å². The molecule has 0 fully saturated rings. The van der Waals surface area contributed by atoms with Gasteiger partial charge in [-0.2, -0.15) is 5.10 Å². The Morgan fingerprint density at radius 2 is 2.00 bits per heavy atom. The van der Waals surface area contributed by atoms with Crippen LogP contribution in [0.25, 0.3) is 0 Å². The monoisotopic (exact) mass is 252 g/mol. The van der Waals surface area contributed by atoms with Gasteiger partial charge in [-0.25, -0.2) is 4.98 Å². The molecule has 1 aromatic heterocycles. The molecule has 1 aromatic rings. The van der Waals surface area contributed by atoms with Crippen molar-refractivity contribution < 1.29 is 0 Å². The highest BCUT2D eigenvalue weighted by molar-refractivity contribution is 4.94. The molecule has 0 bridgehead atoms. The van der Waals surface area contributed by atoms with Crippen LogP contribution in [0.1, 0.15) is 40.4 Å². The van der Waals surface area contributed by atoms with Crippen molar-refractivity contribution in [2.75, 3.05) is 13.1 Å². The van der Waals surface area contributed by atoms with Gasteiger partial charge in [0.1, 0.15) is 12.2 Å². The molecule has 0 aliphatic carbocycles. The first-order valence-electron chi connectivity index (χ1n) is 6.88. The Morgan fingerprint density at radius 1 is 1.33 bits per heavy atom. The summed E-state index contributed by atoms with van der Waals surface area (Å²) in [5.41, 5.74) is 0.218. The zero-order chi connectivity index (χ0) is 13.8. The molecule has 0 amide bonds. The molecule has 0 aromatic carbocycles. The largest absolute Gasteiger partial charge is 0.316 e. The lowest BCUT2D eigenvalue weighted by atomic mass is 9.76. The average Bonchev–Trinajstić information content (AvgIpc) is 2.63. The van der Waals surface area contributed by atoms with E-state index in [1.165, 1.54) is 0 Å². The smallest absolute Gasteiger partial charge is 0.138 e. The summed E-state index contributed by atoms with van der Waals surface area (Å²) < 4.78 is 1.88. The third-order valence-corrected chi connectivity index (χ3v) is 3.84. The van der Waals surface area contributed by atoms with E-state index in [-0.39, 0.29) is 5.41 Å². The fourth-order valence-electron chi connectivity index (χ4n) is 1.96. The van der Waals surface area contributed by atoms with Crippen LogP contribution in [0.5, 0.6) is 0 Å². The summed E-state index contributed by atoms with van der Waals surface area (Å²) in [6.07, 6.45) is 2.60. The van der Waals surface area contributed by atoms with Crippen LogP contribution in [-0.4, -0.2) is 27.9 Å². The molecule has 0 saturated carbocycles. The van der Waals surface area contributed by atoms with Crippen molar-refractivity contribution in [3.05, 3.63) is 12.2 Å². The van der Waals surface area contributed by atoms with Crippen molar-refractivity contribution in [2.24, 2.45) is 24.3 Å². The van der Waals surface area contributed by atoms with Crippen molar-refractivity contribution in [3.8, 4) is 0 Å². The summed E-state index contributed by atoms with van der Waals surface area (Å²) in [6.45, 7) is 13.5. The van der Waals surface area contributed by atoms with Crippen molar-refractivity contribution in [2.45, 2.75) is 41.0 Å². The molecule has 1 unspecified atom stereocenters. The molecule has 1 rings (SSSR count). The van der Waals surface area contributed by atoms with Gasteiger partial charge in [-0.1, -0.05) is 34.6 Å². The molecule has 4 nitrogen and oxygen atoms in total. The van der Waals surface area contributed by atoms with E-state index in [1.54, 1.807) is 6.33 Å². The summed E-state index contributed by atoms with van der Waals surface area (Å²) in [7, 11) is 1.96. The van der Waals surface area contributed by atoms with Crippen molar-refractivity contribution >= 4 is 0 Å². The molecule has 0 aliphatic rings. The molecular weight excluding hydrogens is 224 g/mol. The van der Waals surface area contributed by atoms with Crippen LogP contribution in [0.2, 0.25) is 0 Å². The first kappa shape index (κ1) is 15.2. The van der Waals surface area contributed by atoms with E-state index in [1.807, 2.05) is 11.7 Å². The summed E-state index contributed by atoms with van der Waals surface area (Å²) in [5.74, 6) is 2.36. The molecule has 0 saturated heterocycles. The third kappa shape index (κ3) is 4.09. The maximum Gasteiger partial charge on any atom is 0.138 e. The van der Waals surface area contributed by atoms with E-state index in [2.05, 4.69) is 50.0 Å². The number of nitrogens with one attached hydrogen (secondary N) is 1. The number of aromatic nitrogens is 3. The second-order valence-electron chi connectivity index (χ2n) is 6.31. The Labute approximate surface area is 111 Å². The quantitative estimate of drug-likeness (QED) is 0.809. The highest BCUT2D eigenvalue weighted by atomic mass is 15.3. The van der Waals surface area contributed by atoms with Gasteiger partial charge < -0.3 is 5.32 Å². The molecule has 1 N–H and O–H groups in total. The van der Waals surface area contributed by atoms with Crippen LogP contribution in [0.3, 0.4) is 0 Å². The molecule has 18 heavy (non-hydrogen) atoms. The number of rotatable bonds is 7. The zero-order valence-corrected chi connectivity index (χ0v) is 12.7. The van der Waals surface area contributed by atoms with Gasteiger partial charge in [-0.3, -0.25) is 4.68 Å². The Kier molecular flexibility index (Phi) is 5.32. The molecule has 104 valence electrons. The average molecular weight is 252 g/mol. The van der Waals surface area contributed by atoms with Gasteiger partial charge in [0.25, 0.3) is 0 Å². The molecular formula is C14H28N4. The minimum Gasteiger partial charge on any atom is -0.316 e. The second-order valence-corrected chi connectivity index (χ2v) is 6.31. The highest BCUT2D eigenvalue weighted by Gasteiger charge is 2.30. The maximum absolute atomic E-state index is 4.35. The fraction of sp³-hybridized carbons (Fsp3) is 0.857. The zero-order valence-electron chi connectivity index (χ0n) is 12.7. The lowest BCUT2D eigenvalue weighted by Gasteiger charge is -2.34. The van der Waals surface area contributed by atoms with Crippen LogP contribution in [0.15, 0.2) is 6.33 Å². The normalized spacial score (nSPS) is 15.3. The van der Waals surface area contributed by atoms with Crippen LogP contribution in [0.4, 0.5) is 0 Å². The highest BCUT2D eigenvalue weighted by Crippen LogP contribution is 2.29. The fourth-order valence-corrected chi connectivity index (χ4v) is 1.96. The van der Waals surface area contributed by atoms with Crippen molar-refractivity contribution in [1.29, 1.82) is 0 Å². The maximum atomic E-state index is 4.35. The minimum atomic E-state index is 0.218. The second kappa shape index (κ2) is 6.32. The number of aryl methyl sites for hydroxylation is 1. The van der Waals surface area contributed by atoms with Gasteiger partial charge in [0.15, 0.2) is 0 Å². The Bertz CT molecular complexity index is 356. The Hall–Kier alpha value is -0.900. The van der Waals surface area contributed by atoms with Crippen LogP contribution in [0, 0.1) is 17.3 Å². The van der Waals surface area contributed by atoms with Crippen LogP contribution < -0.4 is 5.32 Å². The molecule has 0 radical (unpaired) electrons. The molecule has 1 atom stereocenters. The van der Waals surface area contributed by atoms with Crippen molar-refractivity contribution in [1.82, 2.24) is 20.1 Å². The number of nitrogens with zero attached hydrogens (tertiary/aromatic N) is 3. The van der Waals surface area contributed by atoms with E-state index in [0.717, 1.165) is 25.3 Å². The minimum absolute atomic E-state index is 0.218. The van der Waals surface area contributed by atoms with Gasteiger partial charge in [-0.05, 0) is 23.8 Å². The summed E-state index contributed by atoms with van der Waals surface area (Å²) in [5, 5.41) is 7.74. The van der Waals surface area contributed by atoms with Crippen LogP contribution in [-0.2, 0) is 13.5 Å². The molecule has 4 heteroatoms. The van der Waals surface area contributed by atoms with Crippen molar-refractivity contribution in [3.63, 3.8) is 0 Å². The van der Waals surface area contributed by atoms with E-state index in [9.17, 15) is 0 Å². The van der Waals surface area contributed by atoms with E-state index < -0.39 is 0 Å². The van der Waals surface area contributed by atoms with E-state index in [0.29, 0.717) is 11.8 Å². The summed E-state index contributed by atoms with van der Waals surface area (Å²) in [4.78, 5) is 4.35. The third-order valence-electron chi connectivity index (χ3n) is 3.84. The van der Waals surface area contributed by atoms with Crippen LogP contribution >= 0.6 is 0 Å². The molecule has 0 aliphatic heterocycles. The van der Waals surface area contributed by atoms with Gasteiger partial charge >= 0.3 is 0 Å². The van der Waals surface area contributed by atoms with E-state index >= 15 is 0 Å². The first-order chi connectivity index (χ1) is 8.35. The van der Waals surface area contributed by atoms with Gasteiger partial charge in [0.05, 0.1) is 0 Å². The van der Waals surface area contributed by atoms with Gasteiger partial charge in [0, 0.05) is 20.0 Å². The molecule has 0 spiro atoms. The summed E-state index contributed by atoms with van der Waals surface area (Å²) in [6, 6.07) is 0. The Balaban J connectivity index is 2.65. The molecule has 1 heterocycles. The Morgan fingerprint density at radius 3 is 2.44 bits per heavy atom. The summed E-state index contributed by atoms with van der Waals surface area (Å²) >= 11 is 0. The lowest BCUT2D eigenvalue weighted by molar-refractivity contribution is 0.199. The van der Waals surface area contributed by atoms with E-state index in [4.69, 9.17) is 0 Å². The lowest BCUT2D eigenvalue weighted by Crippen LogP contribution is -2.39. The van der Waals surface area contributed by atoms with Gasteiger partial charge in [-0.15, -0.1) is 0 Å². The first-order valence-corrected chi connectivity index (χ1v) is 6.88. The number of hydrogen-bond acceptors (Lipinski definition) is 3. The van der Waals surface area contributed by atoms with Gasteiger partial charge in [0.2, 0.25) is 0 Å². The number of hydrogen-bond donors (Lipinski definition) is 1. The predicted octanol–water partition coefficient (Wildman–Crippen LogP) is 2.27. The standard InChI is InChI=1S/C14H28N4/c1-11(2)8-15-9-14(5,12(3)4)7-13-16-10-17-18(13)6/h10-12,15H,7-9H2,1-6H3. The predicted molar refractivity (Wildman–Crippen MR) is 75.4 cm³/mol.